The van der Waals surface area contributed by atoms with Crippen LogP contribution in [0.5, 0.6) is 0 Å². The van der Waals surface area contributed by atoms with E-state index in [1.807, 2.05) is 18.2 Å². The van der Waals surface area contributed by atoms with E-state index < -0.39 is 4.92 Å². The van der Waals surface area contributed by atoms with Gasteiger partial charge in [0.15, 0.2) is 0 Å². The van der Waals surface area contributed by atoms with Crippen molar-refractivity contribution in [3.05, 3.63) is 69.8 Å². The van der Waals surface area contributed by atoms with Crippen molar-refractivity contribution in [2.75, 3.05) is 25.5 Å². The van der Waals surface area contributed by atoms with Crippen molar-refractivity contribution >= 4 is 23.2 Å². The largest absolute Gasteiger partial charge is 0.387 e. The zero-order valence-electron chi connectivity index (χ0n) is 15.6. The van der Waals surface area contributed by atoms with Gasteiger partial charge in [-0.1, -0.05) is 18.2 Å². The number of nitro benzene ring substituents is 1. The lowest BCUT2D eigenvalue weighted by Crippen LogP contribution is -2.46. The van der Waals surface area contributed by atoms with Crippen molar-refractivity contribution in [3.8, 4) is 0 Å². The summed E-state index contributed by atoms with van der Waals surface area (Å²) >= 11 is 0. The second kappa shape index (κ2) is 8.51. The molecule has 0 unspecified atom stereocenters. The van der Waals surface area contributed by atoms with Crippen molar-refractivity contribution in [2.45, 2.75) is 18.9 Å². The highest BCUT2D eigenvalue weighted by molar-refractivity contribution is 6.00. The maximum absolute atomic E-state index is 12.9. The minimum absolute atomic E-state index is 0.00867. The average Bonchev–Trinajstić information content (AvgIpc) is 2.73. The summed E-state index contributed by atoms with van der Waals surface area (Å²) in [6.45, 7) is 0.953. The molecule has 1 heterocycles. The molecular weight excluding hydrogens is 360 g/mol. The molecule has 0 aliphatic carbocycles. The molecule has 0 aromatic heterocycles. The van der Waals surface area contributed by atoms with Gasteiger partial charge in [-0.2, -0.15) is 0 Å². The molecule has 8 heteroatoms. The molecule has 146 valence electrons. The summed E-state index contributed by atoms with van der Waals surface area (Å²) in [5.74, 6) is -0.373. The maximum Gasteiger partial charge on any atom is 0.270 e. The number of carbonyl (C=O) groups excluding carboxylic acids is 2. The number of nitrogens with one attached hydrogen (secondary N) is 2. The highest BCUT2D eigenvalue weighted by Crippen LogP contribution is 2.24. The van der Waals surface area contributed by atoms with Crippen LogP contribution in [0.15, 0.2) is 48.5 Å². The first-order valence-electron chi connectivity index (χ1n) is 9.11. The molecule has 2 amide bonds. The Balaban J connectivity index is 1.63. The molecule has 0 bridgehead atoms. The van der Waals surface area contributed by atoms with Crippen molar-refractivity contribution in [1.82, 2.24) is 10.2 Å². The highest BCUT2D eigenvalue weighted by Gasteiger charge is 2.27. The molecule has 1 fully saturated rings. The third kappa shape index (κ3) is 4.28. The summed E-state index contributed by atoms with van der Waals surface area (Å²) < 4.78 is 0. The van der Waals surface area contributed by atoms with Crippen molar-refractivity contribution in [1.29, 1.82) is 0 Å². The summed E-state index contributed by atoms with van der Waals surface area (Å²) in [4.78, 5) is 37.3. The summed E-state index contributed by atoms with van der Waals surface area (Å²) in [5.41, 5.74) is 1.32. The van der Waals surface area contributed by atoms with Gasteiger partial charge in [0.25, 0.3) is 17.5 Å². The fourth-order valence-electron chi connectivity index (χ4n) is 3.30. The number of nitrogens with zero attached hydrogens (tertiary/aromatic N) is 2. The molecule has 1 aliphatic heterocycles. The zero-order chi connectivity index (χ0) is 20.1. The first-order valence-corrected chi connectivity index (χ1v) is 9.11. The first kappa shape index (κ1) is 19.3. The van der Waals surface area contributed by atoms with E-state index >= 15 is 0 Å². The molecule has 2 N–H and O–H groups in total. The fraction of sp³-hybridized carbons (Fsp3) is 0.300. The summed E-state index contributed by atoms with van der Waals surface area (Å²) in [7, 11) is 1.67. The number of nitro groups is 1. The molecule has 1 saturated heterocycles. The number of amides is 2. The lowest BCUT2D eigenvalue weighted by atomic mass is 10.0. The van der Waals surface area contributed by atoms with E-state index in [0.717, 1.165) is 0 Å². The lowest BCUT2D eigenvalue weighted by molar-refractivity contribution is -0.384. The normalized spacial score (nSPS) is 14.4. The second-order valence-corrected chi connectivity index (χ2v) is 6.64. The number of hydrogen-bond donors (Lipinski definition) is 2. The van der Waals surface area contributed by atoms with Crippen LogP contribution in [-0.4, -0.2) is 47.8 Å². The van der Waals surface area contributed by atoms with Gasteiger partial charge in [0.1, 0.15) is 0 Å². The van der Waals surface area contributed by atoms with Gasteiger partial charge in [-0.25, -0.2) is 0 Å². The summed E-state index contributed by atoms with van der Waals surface area (Å²) in [5, 5.41) is 16.9. The van der Waals surface area contributed by atoms with Crippen LogP contribution in [0.1, 0.15) is 33.6 Å². The van der Waals surface area contributed by atoms with Gasteiger partial charge in [0.05, 0.1) is 10.5 Å². The van der Waals surface area contributed by atoms with Crippen molar-refractivity contribution in [3.63, 3.8) is 0 Å². The molecule has 0 spiro atoms. The van der Waals surface area contributed by atoms with E-state index in [4.69, 9.17) is 0 Å². The van der Waals surface area contributed by atoms with E-state index in [9.17, 15) is 19.7 Å². The van der Waals surface area contributed by atoms with Gasteiger partial charge in [0, 0.05) is 49.6 Å². The number of carbonyl (C=O) groups is 2. The van der Waals surface area contributed by atoms with Gasteiger partial charge in [-0.3, -0.25) is 19.7 Å². The Kier molecular flexibility index (Phi) is 5.88. The Hall–Kier alpha value is -3.42. The molecule has 0 saturated carbocycles. The smallest absolute Gasteiger partial charge is 0.270 e. The van der Waals surface area contributed by atoms with Crippen LogP contribution < -0.4 is 10.6 Å². The average molecular weight is 382 g/mol. The Morgan fingerprint density at radius 1 is 1.11 bits per heavy atom. The van der Waals surface area contributed by atoms with Gasteiger partial charge < -0.3 is 15.5 Å². The van der Waals surface area contributed by atoms with E-state index in [1.54, 1.807) is 24.1 Å². The molecule has 0 radical (unpaired) electrons. The molecule has 2 aromatic carbocycles. The van der Waals surface area contributed by atoms with Crippen LogP contribution in [0.25, 0.3) is 0 Å². The molecule has 8 nitrogen and oxygen atoms in total. The number of benzene rings is 2. The molecule has 0 atom stereocenters. The number of non-ortho nitro benzene ring substituents is 1. The standard InChI is InChI=1S/C20H22N4O4/c1-21-18-8-7-16(24(27)28)13-17(18)20(26)23-11-9-15(10-12-23)22-19(25)14-5-3-2-4-6-14/h2-8,13,15,21H,9-12H2,1H3,(H,22,25). The molecule has 3 rings (SSSR count). The third-order valence-corrected chi connectivity index (χ3v) is 4.87. The predicted molar refractivity (Wildman–Crippen MR) is 105 cm³/mol. The van der Waals surface area contributed by atoms with Gasteiger partial charge in [0.2, 0.25) is 0 Å². The van der Waals surface area contributed by atoms with E-state index in [-0.39, 0.29) is 29.1 Å². The van der Waals surface area contributed by atoms with Crippen LogP contribution in [-0.2, 0) is 0 Å². The van der Waals surface area contributed by atoms with Crippen molar-refractivity contribution < 1.29 is 14.5 Å². The number of rotatable bonds is 5. The van der Waals surface area contributed by atoms with E-state index in [1.165, 1.54) is 18.2 Å². The van der Waals surface area contributed by atoms with Crippen LogP contribution in [0.4, 0.5) is 11.4 Å². The zero-order valence-corrected chi connectivity index (χ0v) is 15.6. The van der Waals surface area contributed by atoms with Gasteiger partial charge in [-0.15, -0.1) is 0 Å². The number of hydrogen-bond acceptors (Lipinski definition) is 5. The number of likely N-dealkylation sites (tertiary alicyclic amines) is 1. The maximum atomic E-state index is 12.9. The molecular formula is C20H22N4O4. The quantitative estimate of drug-likeness (QED) is 0.611. The Labute approximate surface area is 162 Å². The summed E-state index contributed by atoms with van der Waals surface area (Å²) in [6, 6.07) is 13.2. The number of piperidine rings is 1. The summed E-state index contributed by atoms with van der Waals surface area (Å²) in [6.07, 6.45) is 1.27. The number of anilines is 1. The fourth-order valence-corrected chi connectivity index (χ4v) is 3.30. The third-order valence-electron chi connectivity index (χ3n) is 4.87. The highest BCUT2D eigenvalue weighted by atomic mass is 16.6. The molecule has 28 heavy (non-hydrogen) atoms. The van der Waals surface area contributed by atoms with Gasteiger partial charge >= 0.3 is 0 Å². The monoisotopic (exact) mass is 382 g/mol. The first-order chi connectivity index (χ1) is 13.5. The Morgan fingerprint density at radius 3 is 2.39 bits per heavy atom. The second-order valence-electron chi connectivity index (χ2n) is 6.64. The lowest BCUT2D eigenvalue weighted by Gasteiger charge is -2.32. The minimum Gasteiger partial charge on any atom is -0.387 e. The van der Waals surface area contributed by atoms with Crippen LogP contribution in [0, 0.1) is 10.1 Å². The topological polar surface area (TPSA) is 105 Å². The van der Waals surface area contributed by atoms with Crippen molar-refractivity contribution in [2.24, 2.45) is 0 Å². The Morgan fingerprint density at radius 2 is 1.79 bits per heavy atom. The minimum atomic E-state index is -0.512. The van der Waals surface area contributed by atoms with Crippen LogP contribution in [0.3, 0.4) is 0 Å². The van der Waals surface area contributed by atoms with E-state index in [2.05, 4.69) is 10.6 Å². The molecule has 1 aliphatic rings. The predicted octanol–water partition coefficient (Wildman–Crippen LogP) is 2.67. The SMILES string of the molecule is CNc1ccc([N+](=O)[O-])cc1C(=O)N1CCC(NC(=O)c2ccccc2)CC1. The molecule has 2 aromatic rings. The van der Waals surface area contributed by atoms with E-state index in [0.29, 0.717) is 37.2 Å². The van der Waals surface area contributed by atoms with Gasteiger partial charge in [-0.05, 0) is 31.0 Å². The van der Waals surface area contributed by atoms with Crippen LogP contribution in [0.2, 0.25) is 0 Å². The van der Waals surface area contributed by atoms with Crippen LogP contribution >= 0.6 is 0 Å². The Bertz CT molecular complexity index is 877.